The quantitative estimate of drug-likeness (QED) is 0.857. The van der Waals surface area contributed by atoms with E-state index in [-0.39, 0.29) is 0 Å². The Morgan fingerprint density at radius 3 is 2.55 bits per heavy atom. The Morgan fingerprint density at radius 1 is 1.10 bits per heavy atom. The molecule has 2 aromatic carbocycles. The standard InChI is InChI=1S/C15H11Cl2NO2/c16-11-6-7-14(12(17)9-11)20-13-4-2-1-3-10(13)5-8-15(18)19/h1-9H,(H2,18,19)/b8-5-. The first-order chi connectivity index (χ1) is 9.56. The van der Waals surface area contributed by atoms with E-state index in [1.54, 1.807) is 36.4 Å². The first-order valence-corrected chi connectivity index (χ1v) is 6.51. The van der Waals surface area contributed by atoms with Gasteiger partial charge in [-0.15, -0.1) is 0 Å². The van der Waals surface area contributed by atoms with Crippen LogP contribution in [0.1, 0.15) is 5.56 Å². The second-order valence-electron chi connectivity index (χ2n) is 3.95. The Morgan fingerprint density at radius 2 is 1.85 bits per heavy atom. The number of ether oxygens (including phenoxy) is 1. The molecule has 0 unspecified atom stereocenters. The van der Waals surface area contributed by atoms with Gasteiger partial charge in [-0.2, -0.15) is 0 Å². The smallest absolute Gasteiger partial charge is 0.241 e. The lowest BCUT2D eigenvalue weighted by molar-refractivity contribution is -0.113. The fourth-order valence-corrected chi connectivity index (χ4v) is 2.01. The molecule has 0 saturated heterocycles. The molecular formula is C15H11Cl2NO2. The molecular weight excluding hydrogens is 297 g/mol. The van der Waals surface area contributed by atoms with Crippen LogP contribution in [0, 0.1) is 0 Å². The van der Waals surface area contributed by atoms with Gasteiger partial charge in [-0.1, -0.05) is 41.4 Å². The van der Waals surface area contributed by atoms with Crippen LogP contribution in [-0.2, 0) is 4.79 Å². The molecule has 0 spiro atoms. The molecule has 0 aliphatic rings. The fraction of sp³-hybridized carbons (Fsp3) is 0. The van der Waals surface area contributed by atoms with Crippen molar-refractivity contribution in [2.45, 2.75) is 0 Å². The van der Waals surface area contributed by atoms with E-state index >= 15 is 0 Å². The lowest BCUT2D eigenvalue weighted by atomic mass is 10.2. The van der Waals surface area contributed by atoms with Crippen LogP contribution < -0.4 is 10.5 Å². The zero-order valence-electron chi connectivity index (χ0n) is 10.3. The van der Waals surface area contributed by atoms with E-state index in [0.29, 0.717) is 21.5 Å². The minimum absolute atomic E-state index is 0.409. The largest absolute Gasteiger partial charge is 0.455 e. The number of amides is 1. The number of benzene rings is 2. The minimum atomic E-state index is -0.524. The average Bonchev–Trinajstić information content (AvgIpc) is 2.41. The predicted molar refractivity (Wildman–Crippen MR) is 81.2 cm³/mol. The molecule has 0 bridgehead atoms. The van der Waals surface area contributed by atoms with Gasteiger partial charge in [0.1, 0.15) is 11.5 Å². The van der Waals surface area contributed by atoms with E-state index in [9.17, 15) is 4.79 Å². The van der Waals surface area contributed by atoms with Crippen LogP contribution in [-0.4, -0.2) is 5.91 Å². The summed E-state index contributed by atoms with van der Waals surface area (Å²) in [5.74, 6) is 0.523. The lowest BCUT2D eigenvalue weighted by Gasteiger charge is -2.10. The third-order valence-corrected chi connectivity index (χ3v) is 2.99. The van der Waals surface area contributed by atoms with E-state index in [4.69, 9.17) is 33.7 Å². The molecule has 0 aliphatic heterocycles. The summed E-state index contributed by atoms with van der Waals surface area (Å²) in [7, 11) is 0. The lowest BCUT2D eigenvalue weighted by Crippen LogP contribution is -2.05. The molecule has 1 amide bonds. The van der Waals surface area contributed by atoms with Crippen molar-refractivity contribution in [3.8, 4) is 11.5 Å². The van der Waals surface area contributed by atoms with Crippen LogP contribution in [0.3, 0.4) is 0 Å². The number of primary amides is 1. The van der Waals surface area contributed by atoms with Crippen LogP contribution in [0.15, 0.2) is 48.5 Å². The third-order valence-electron chi connectivity index (χ3n) is 2.46. The number of carbonyl (C=O) groups is 1. The summed E-state index contributed by atoms with van der Waals surface area (Å²) in [6.07, 6.45) is 2.85. The maximum Gasteiger partial charge on any atom is 0.241 e. The molecule has 0 radical (unpaired) electrons. The monoisotopic (exact) mass is 307 g/mol. The molecule has 0 atom stereocenters. The van der Waals surface area contributed by atoms with Gasteiger partial charge in [0.15, 0.2) is 0 Å². The summed E-state index contributed by atoms with van der Waals surface area (Å²) in [4.78, 5) is 10.8. The van der Waals surface area contributed by atoms with Crippen molar-refractivity contribution >= 4 is 35.2 Å². The Kier molecular flexibility index (Phi) is 4.66. The fourth-order valence-electron chi connectivity index (χ4n) is 1.56. The normalized spacial score (nSPS) is 10.7. The van der Waals surface area contributed by atoms with E-state index in [0.717, 1.165) is 5.56 Å². The van der Waals surface area contributed by atoms with E-state index in [1.165, 1.54) is 6.08 Å². The van der Waals surface area contributed by atoms with Gasteiger partial charge in [0.2, 0.25) is 5.91 Å². The summed E-state index contributed by atoms with van der Waals surface area (Å²) < 4.78 is 5.73. The minimum Gasteiger partial charge on any atom is -0.455 e. The summed E-state index contributed by atoms with van der Waals surface area (Å²) >= 11 is 11.9. The zero-order chi connectivity index (χ0) is 14.5. The molecule has 102 valence electrons. The van der Waals surface area contributed by atoms with Gasteiger partial charge < -0.3 is 10.5 Å². The van der Waals surface area contributed by atoms with E-state index < -0.39 is 5.91 Å². The van der Waals surface area contributed by atoms with Gasteiger partial charge in [0.25, 0.3) is 0 Å². The molecule has 2 N–H and O–H groups in total. The van der Waals surface area contributed by atoms with Crippen LogP contribution in [0.2, 0.25) is 10.0 Å². The Hall–Kier alpha value is -1.97. The van der Waals surface area contributed by atoms with Crippen molar-refractivity contribution < 1.29 is 9.53 Å². The van der Waals surface area contributed by atoms with Gasteiger partial charge in [-0.05, 0) is 30.3 Å². The van der Waals surface area contributed by atoms with Crippen molar-refractivity contribution in [3.05, 3.63) is 64.1 Å². The molecule has 0 aliphatic carbocycles. The molecule has 0 heterocycles. The second-order valence-corrected chi connectivity index (χ2v) is 4.79. The Balaban J connectivity index is 2.31. The molecule has 20 heavy (non-hydrogen) atoms. The number of hydrogen-bond donors (Lipinski definition) is 1. The van der Waals surface area contributed by atoms with Gasteiger partial charge in [0, 0.05) is 16.7 Å². The van der Waals surface area contributed by atoms with Gasteiger partial charge in [-0.3, -0.25) is 4.79 Å². The van der Waals surface area contributed by atoms with Gasteiger partial charge in [0.05, 0.1) is 5.02 Å². The summed E-state index contributed by atoms with van der Waals surface area (Å²) in [5, 5.41) is 0.940. The van der Waals surface area contributed by atoms with Crippen molar-refractivity contribution in [2.24, 2.45) is 5.73 Å². The topological polar surface area (TPSA) is 52.3 Å². The number of nitrogens with two attached hydrogens (primary N) is 1. The average molecular weight is 308 g/mol. The van der Waals surface area contributed by atoms with Gasteiger partial charge in [-0.25, -0.2) is 0 Å². The second kappa shape index (κ2) is 6.46. The van der Waals surface area contributed by atoms with Crippen molar-refractivity contribution in [2.75, 3.05) is 0 Å². The first kappa shape index (κ1) is 14.4. The Bertz CT molecular complexity index is 669. The van der Waals surface area contributed by atoms with Crippen LogP contribution >= 0.6 is 23.2 Å². The molecule has 0 saturated carbocycles. The number of carbonyl (C=O) groups excluding carboxylic acids is 1. The maximum atomic E-state index is 10.8. The highest BCUT2D eigenvalue weighted by atomic mass is 35.5. The Labute approximate surface area is 126 Å². The third kappa shape index (κ3) is 3.76. The molecule has 0 fully saturated rings. The number of halogens is 2. The molecule has 3 nitrogen and oxygen atoms in total. The van der Waals surface area contributed by atoms with Crippen molar-refractivity contribution in [3.63, 3.8) is 0 Å². The van der Waals surface area contributed by atoms with Crippen LogP contribution in [0.25, 0.3) is 6.08 Å². The molecule has 2 rings (SSSR count). The highest BCUT2D eigenvalue weighted by molar-refractivity contribution is 6.35. The number of rotatable bonds is 4. The first-order valence-electron chi connectivity index (χ1n) is 5.76. The SMILES string of the molecule is NC(=O)/C=C\c1ccccc1Oc1ccc(Cl)cc1Cl. The highest BCUT2D eigenvalue weighted by Crippen LogP contribution is 2.33. The maximum absolute atomic E-state index is 10.8. The van der Waals surface area contributed by atoms with Crippen molar-refractivity contribution in [1.82, 2.24) is 0 Å². The molecule has 5 heteroatoms. The summed E-state index contributed by atoms with van der Waals surface area (Å²) in [6, 6.07) is 12.2. The predicted octanol–water partition coefficient (Wildman–Crippen LogP) is 4.28. The van der Waals surface area contributed by atoms with Crippen LogP contribution in [0.5, 0.6) is 11.5 Å². The zero-order valence-corrected chi connectivity index (χ0v) is 11.9. The van der Waals surface area contributed by atoms with E-state index in [1.807, 2.05) is 12.1 Å². The van der Waals surface area contributed by atoms with E-state index in [2.05, 4.69) is 0 Å². The van der Waals surface area contributed by atoms with Crippen LogP contribution in [0.4, 0.5) is 0 Å². The number of para-hydroxylation sites is 1. The number of hydrogen-bond acceptors (Lipinski definition) is 2. The molecule has 0 aromatic heterocycles. The highest BCUT2D eigenvalue weighted by Gasteiger charge is 2.06. The van der Waals surface area contributed by atoms with Crippen molar-refractivity contribution in [1.29, 1.82) is 0 Å². The summed E-state index contributed by atoms with van der Waals surface area (Å²) in [5.41, 5.74) is 5.80. The summed E-state index contributed by atoms with van der Waals surface area (Å²) in [6.45, 7) is 0. The van der Waals surface area contributed by atoms with Gasteiger partial charge >= 0.3 is 0 Å². The molecule has 2 aromatic rings.